The summed E-state index contributed by atoms with van der Waals surface area (Å²) in [7, 11) is 0. The Labute approximate surface area is 166 Å². The van der Waals surface area contributed by atoms with Crippen LogP contribution in [0.15, 0.2) is 64.6 Å². The Balaban J connectivity index is 1.56. The molecule has 1 N–H and O–H groups in total. The number of carbonyl (C=O) groups is 1. The molecular weight excluding hydrogens is 433 g/mol. The summed E-state index contributed by atoms with van der Waals surface area (Å²) in [6.45, 7) is -0.137. The molecule has 136 valence electrons. The quantitative estimate of drug-likeness (QED) is 0.471. The van der Waals surface area contributed by atoms with E-state index in [1.807, 2.05) is 23.7 Å². The van der Waals surface area contributed by atoms with Crippen molar-refractivity contribution in [2.24, 2.45) is 0 Å². The third-order valence-electron chi connectivity index (χ3n) is 3.82. The summed E-state index contributed by atoms with van der Waals surface area (Å²) >= 11 is 4.80. The number of fused-ring (bicyclic) bond motifs is 1. The largest absolute Gasteiger partial charge is 0.484 e. The first-order chi connectivity index (χ1) is 13.1. The molecule has 2 heterocycles. The first kappa shape index (κ1) is 17.7. The van der Waals surface area contributed by atoms with Crippen LogP contribution in [-0.4, -0.2) is 21.9 Å². The molecule has 0 saturated heterocycles. The number of amides is 1. The zero-order chi connectivity index (χ0) is 18.8. The van der Waals surface area contributed by atoms with Crippen LogP contribution in [0.25, 0.3) is 16.2 Å². The summed E-state index contributed by atoms with van der Waals surface area (Å²) in [5.41, 5.74) is 1.30. The first-order valence-corrected chi connectivity index (χ1v) is 9.67. The van der Waals surface area contributed by atoms with E-state index < -0.39 is 0 Å². The van der Waals surface area contributed by atoms with Crippen LogP contribution in [0.1, 0.15) is 0 Å². The van der Waals surface area contributed by atoms with Crippen LogP contribution in [0.4, 0.5) is 10.2 Å². The Morgan fingerprint density at radius 3 is 2.67 bits per heavy atom. The summed E-state index contributed by atoms with van der Waals surface area (Å²) in [5, 5.41) is 4.73. The van der Waals surface area contributed by atoms with E-state index in [0.29, 0.717) is 17.3 Å². The van der Waals surface area contributed by atoms with Gasteiger partial charge in [-0.3, -0.25) is 9.20 Å². The van der Waals surface area contributed by atoms with Gasteiger partial charge in [0.1, 0.15) is 23.1 Å². The Bertz CT molecular complexity index is 1090. The minimum atomic E-state index is -0.326. The molecule has 0 spiro atoms. The van der Waals surface area contributed by atoms with Crippen molar-refractivity contribution in [3.05, 3.63) is 70.4 Å². The van der Waals surface area contributed by atoms with Gasteiger partial charge in [-0.1, -0.05) is 15.9 Å². The third kappa shape index (κ3) is 3.86. The lowest BCUT2D eigenvalue weighted by Gasteiger charge is -2.09. The number of ether oxygens (including phenoxy) is 1. The minimum Gasteiger partial charge on any atom is -0.484 e. The SMILES string of the molecule is O=C(COc1ccc(Br)cc1)Nc1c(-c2ccc(F)cc2)nc2sccn12. The fraction of sp³-hybridized carbons (Fsp3) is 0.0526. The van der Waals surface area contributed by atoms with Crippen LogP contribution in [0, 0.1) is 5.82 Å². The van der Waals surface area contributed by atoms with E-state index in [-0.39, 0.29) is 18.3 Å². The van der Waals surface area contributed by atoms with Crippen LogP contribution in [0.2, 0.25) is 0 Å². The van der Waals surface area contributed by atoms with Crippen LogP contribution >= 0.6 is 27.3 Å². The van der Waals surface area contributed by atoms with Crippen molar-refractivity contribution in [2.45, 2.75) is 0 Å². The standard InChI is InChI=1S/C19H13BrFN3O2S/c20-13-3-7-15(8-4-13)26-11-16(25)22-18-17(12-1-5-14(21)6-2-12)23-19-24(18)9-10-27-19/h1-10H,11H2,(H,22,25). The Kier molecular flexibility index (Phi) is 4.91. The molecule has 4 aromatic rings. The van der Waals surface area contributed by atoms with Gasteiger partial charge in [0.25, 0.3) is 5.91 Å². The summed E-state index contributed by atoms with van der Waals surface area (Å²) in [6, 6.07) is 13.2. The second-order valence-corrected chi connectivity index (χ2v) is 7.45. The molecule has 5 nitrogen and oxygen atoms in total. The molecule has 1 amide bonds. The van der Waals surface area contributed by atoms with Crippen molar-refractivity contribution < 1.29 is 13.9 Å². The normalized spacial score (nSPS) is 10.9. The molecule has 2 aromatic heterocycles. The molecule has 4 rings (SSSR count). The number of nitrogens with one attached hydrogen (secondary N) is 1. The van der Waals surface area contributed by atoms with Gasteiger partial charge in [-0.25, -0.2) is 9.37 Å². The van der Waals surface area contributed by atoms with Gasteiger partial charge in [0.05, 0.1) is 0 Å². The highest BCUT2D eigenvalue weighted by molar-refractivity contribution is 9.10. The maximum atomic E-state index is 13.2. The number of halogens is 2. The van der Waals surface area contributed by atoms with Crippen molar-refractivity contribution in [1.29, 1.82) is 0 Å². The predicted molar refractivity (Wildman–Crippen MR) is 107 cm³/mol. The highest BCUT2D eigenvalue weighted by Crippen LogP contribution is 2.30. The van der Waals surface area contributed by atoms with Gasteiger partial charge in [-0.2, -0.15) is 0 Å². The van der Waals surface area contributed by atoms with E-state index in [1.165, 1.54) is 23.5 Å². The second kappa shape index (κ2) is 7.50. The number of hydrogen-bond acceptors (Lipinski definition) is 4. The number of nitrogens with zero attached hydrogens (tertiary/aromatic N) is 2. The molecule has 0 unspecified atom stereocenters. The topological polar surface area (TPSA) is 55.6 Å². The zero-order valence-electron chi connectivity index (χ0n) is 13.9. The maximum Gasteiger partial charge on any atom is 0.263 e. The van der Waals surface area contributed by atoms with Crippen molar-refractivity contribution in [3.63, 3.8) is 0 Å². The van der Waals surface area contributed by atoms with Gasteiger partial charge in [0.2, 0.25) is 0 Å². The van der Waals surface area contributed by atoms with E-state index in [9.17, 15) is 9.18 Å². The molecule has 0 aliphatic carbocycles. The van der Waals surface area contributed by atoms with Crippen LogP contribution < -0.4 is 10.1 Å². The predicted octanol–water partition coefficient (Wildman–Crippen LogP) is 4.98. The molecule has 0 atom stereocenters. The number of thiazole rings is 1. The van der Waals surface area contributed by atoms with E-state index in [2.05, 4.69) is 26.2 Å². The number of aromatic nitrogens is 2. The molecular formula is C19H13BrFN3O2S. The lowest BCUT2D eigenvalue weighted by molar-refractivity contribution is -0.118. The lowest BCUT2D eigenvalue weighted by atomic mass is 10.1. The molecule has 0 bridgehead atoms. The lowest BCUT2D eigenvalue weighted by Crippen LogP contribution is -2.21. The Hall–Kier alpha value is -2.71. The Morgan fingerprint density at radius 1 is 1.19 bits per heavy atom. The zero-order valence-corrected chi connectivity index (χ0v) is 16.3. The highest BCUT2D eigenvalue weighted by Gasteiger charge is 2.17. The smallest absolute Gasteiger partial charge is 0.263 e. The fourth-order valence-electron chi connectivity index (χ4n) is 2.56. The number of imidazole rings is 1. The number of carbonyl (C=O) groups excluding carboxylic acids is 1. The van der Waals surface area contributed by atoms with E-state index in [1.54, 1.807) is 28.7 Å². The number of benzene rings is 2. The number of anilines is 1. The van der Waals surface area contributed by atoms with Crippen molar-refractivity contribution >= 4 is 44.0 Å². The maximum absolute atomic E-state index is 13.2. The van der Waals surface area contributed by atoms with Crippen LogP contribution in [-0.2, 0) is 4.79 Å². The van der Waals surface area contributed by atoms with Crippen molar-refractivity contribution in [2.75, 3.05) is 11.9 Å². The van der Waals surface area contributed by atoms with Gasteiger partial charge in [0, 0.05) is 21.6 Å². The number of rotatable bonds is 5. The fourth-order valence-corrected chi connectivity index (χ4v) is 3.54. The molecule has 0 radical (unpaired) electrons. The van der Waals surface area contributed by atoms with E-state index in [4.69, 9.17) is 4.74 Å². The van der Waals surface area contributed by atoms with Gasteiger partial charge in [-0.05, 0) is 48.5 Å². The Morgan fingerprint density at radius 2 is 1.93 bits per heavy atom. The molecule has 27 heavy (non-hydrogen) atoms. The van der Waals surface area contributed by atoms with Crippen molar-refractivity contribution in [1.82, 2.24) is 9.38 Å². The molecule has 0 fully saturated rings. The van der Waals surface area contributed by atoms with E-state index in [0.717, 1.165) is 15.0 Å². The van der Waals surface area contributed by atoms with Crippen LogP contribution in [0.3, 0.4) is 0 Å². The first-order valence-electron chi connectivity index (χ1n) is 8.00. The molecule has 0 saturated carbocycles. The minimum absolute atomic E-state index is 0.137. The molecule has 0 aliphatic heterocycles. The summed E-state index contributed by atoms with van der Waals surface area (Å²) in [4.78, 5) is 17.7. The van der Waals surface area contributed by atoms with Gasteiger partial charge < -0.3 is 10.1 Å². The summed E-state index contributed by atoms with van der Waals surface area (Å²) in [5.74, 6) is 0.492. The van der Waals surface area contributed by atoms with Gasteiger partial charge in [0.15, 0.2) is 11.6 Å². The summed E-state index contributed by atoms with van der Waals surface area (Å²) in [6.07, 6.45) is 1.82. The number of hydrogen-bond donors (Lipinski definition) is 1. The average molecular weight is 446 g/mol. The third-order valence-corrected chi connectivity index (χ3v) is 5.11. The van der Waals surface area contributed by atoms with Crippen LogP contribution in [0.5, 0.6) is 5.75 Å². The summed E-state index contributed by atoms with van der Waals surface area (Å²) < 4.78 is 21.5. The molecule has 8 heteroatoms. The highest BCUT2D eigenvalue weighted by atomic mass is 79.9. The van der Waals surface area contributed by atoms with E-state index >= 15 is 0 Å². The molecule has 0 aliphatic rings. The molecule has 2 aromatic carbocycles. The van der Waals surface area contributed by atoms with Gasteiger partial charge >= 0.3 is 0 Å². The monoisotopic (exact) mass is 445 g/mol. The average Bonchev–Trinajstić information content (AvgIpc) is 3.25. The second-order valence-electron chi connectivity index (χ2n) is 5.66. The van der Waals surface area contributed by atoms with Crippen molar-refractivity contribution in [3.8, 4) is 17.0 Å². The van der Waals surface area contributed by atoms with Gasteiger partial charge in [-0.15, -0.1) is 11.3 Å².